The lowest BCUT2D eigenvalue weighted by atomic mass is 10.2. The molecule has 0 unspecified atom stereocenters. The quantitative estimate of drug-likeness (QED) is 0.439. The minimum Gasteiger partial charge on any atom is -0.456 e. The third-order valence-corrected chi connectivity index (χ3v) is 4.45. The largest absolute Gasteiger partial charge is 0.456 e. The Balaban J connectivity index is 1.61. The van der Waals surface area contributed by atoms with E-state index in [9.17, 15) is 19.2 Å². The molecular weight excluding hydrogens is 410 g/mol. The molecule has 0 radical (unpaired) electrons. The zero-order chi connectivity index (χ0) is 21.9. The van der Waals surface area contributed by atoms with Crippen LogP contribution in [0.5, 0.6) is 0 Å². The van der Waals surface area contributed by atoms with Crippen LogP contribution in [0.1, 0.15) is 35.2 Å². The average Bonchev–Trinajstić information content (AvgIpc) is 2.74. The van der Waals surface area contributed by atoms with Crippen molar-refractivity contribution in [1.82, 2.24) is 10.9 Å². The third kappa shape index (κ3) is 7.56. The fraction of sp³-hybridized carbons (Fsp3) is 0.238. The molecular formula is C21H22ClN3O5. The van der Waals surface area contributed by atoms with Crippen LogP contribution in [-0.4, -0.2) is 30.3 Å². The number of carbonyl (C=O) groups is 4. The Bertz CT molecular complexity index is 918. The summed E-state index contributed by atoms with van der Waals surface area (Å²) in [5.74, 6) is -1.98. The average molecular weight is 432 g/mol. The molecule has 9 heteroatoms. The summed E-state index contributed by atoms with van der Waals surface area (Å²) in [4.78, 5) is 47.2. The minimum atomic E-state index is -0.603. The molecule has 0 aromatic heterocycles. The molecule has 2 aromatic rings. The number of hydrogen-bond acceptors (Lipinski definition) is 5. The van der Waals surface area contributed by atoms with Crippen LogP contribution in [0.3, 0.4) is 0 Å². The fourth-order valence-electron chi connectivity index (χ4n) is 2.39. The number of amides is 3. The number of rotatable bonds is 8. The summed E-state index contributed by atoms with van der Waals surface area (Å²) in [6.45, 7) is 1.32. The van der Waals surface area contributed by atoms with Crippen molar-refractivity contribution in [3.63, 3.8) is 0 Å². The number of esters is 1. The van der Waals surface area contributed by atoms with Gasteiger partial charge in [0.15, 0.2) is 6.61 Å². The molecule has 0 spiro atoms. The Morgan fingerprint density at radius 1 is 0.900 bits per heavy atom. The summed E-state index contributed by atoms with van der Waals surface area (Å²) in [6.07, 6.45) is 0.183. The maximum Gasteiger partial charge on any atom is 0.306 e. The Hall–Kier alpha value is -3.39. The maximum atomic E-state index is 11.9. The van der Waals surface area contributed by atoms with E-state index in [-0.39, 0.29) is 19.3 Å². The summed E-state index contributed by atoms with van der Waals surface area (Å²) >= 11 is 5.99. The van der Waals surface area contributed by atoms with Gasteiger partial charge in [-0.15, -0.1) is 0 Å². The topological polar surface area (TPSA) is 114 Å². The van der Waals surface area contributed by atoms with Crippen molar-refractivity contribution < 1.29 is 23.9 Å². The molecule has 0 saturated carbocycles. The number of carbonyl (C=O) groups excluding carboxylic acids is 4. The first-order valence-electron chi connectivity index (χ1n) is 9.21. The summed E-state index contributed by atoms with van der Waals surface area (Å²) in [5.41, 5.74) is 6.23. The van der Waals surface area contributed by atoms with Crippen LogP contribution >= 0.6 is 11.6 Å². The monoisotopic (exact) mass is 431 g/mol. The van der Waals surface area contributed by atoms with Crippen LogP contribution in [0.25, 0.3) is 0 Å². The molecule has 2 rings (SSSR count). The highest BCUT2D eigenvalue weighted by Crippen LogP contribution is 2.22. The van der Waals surface area contributed by atoms with E-state index in [1.807, 2.05) is 0 Å². The molecule has 158 valence electrons. The highest BCUT2D eigenvalue weighted by atomic mass is 35.5. The molecule has 0 bridgehead atoms. The summed E-state index contributed by atoms with van der Waals surface area (Å²) < 4.78 is 4.90. The van der Waals surface area contributed by atoms with Gasteiger partial charge in [-0.2, -0.15) is 0 Å². The Kier molecular flexibility index (Phi) is 8.83. The van der Waals surface area contributed by atoms with Gasteiger partial charge < -0.3 is 10.1 Å². The Morgan fingerprint density at radius 2 is 1.63 bits per heavy atom. The van der Waals surface area contributed by atoms with E-state index >= 15 is 0 Å². The van der Waals surface area contributed by atoms with Crippen molar-refractivity contribution in [3.05, 3.63) is 64.7 Å². The highest BCUT2D eigenvalue weighted by Gasteiger charge is 2.11. The molecule has 8 nitrogen and oxygen atoms in total. The van der Waals surface area contributed by atoms with E-state index in [0.717, 1.165) is 0 Å². The SMILES string of the molecule is Cc1c(Cl)cccc1NC(=O)COC(=O)CCCC(=O)NNC(=O)c1ccccc1. The van der Waals surface area contributed by atoms with Crippen molar-refractivity contribution >= 4 is 41.0 Å². The zero-order valence-electron chi connectivity index (χ0n) is 16.4. The number of halogens is 1. The first-order chi connectivity index (χ1) is 14.4. The van der Waals surface area contributed by atoms with E-state index in [1.54, 1.807) is 55.5 Å². The predicted molar refractivity (Wildman–Crippen MR) is 112 cm³/mol. The fourth-order valence-corrected chi connectivity index (χ4v) is 2.57. The van der Waals surface area contributed by atoms with Gasteiger partial charge in [0.2, 0.25) is 5.91 Å². The van der Waals surface area contributed by atoms with Gasteiger partial charge in [-0.25, -0.2) is 0 Å². The number of hydrazine groups is 1. The van der Waals surface area contributed by atoms with Crippen LogP contribution in [0.15, 0.2) is 48.5 Å². The van der Waals surface area contributed by atoms with Gasteiger partial charge in [0.1, 0.15) is 0 Å². The van der Waals surface area contributed by atoms with Gasteiger partial charge in [0.25, 0.3) is 11.8 Å². The Labute approximate surface area is 178 Å². The molecule has 0 aliphatic rings. The number of nitrogens with one attached hydrogen (secondary N) is 3. The van der Waals surface area contributed by atoms with Crippen molar-refractivity contribution in [2.75, 3.05) is 11.9 Å². The molecule has 2 aromatic carbocycles. The van der Waals surface area contributed by atoms with E-state index in [4.69, 9.17) is 16.3 Å². The van der Waals surface area contributed by atoms with Gasteiger partial charge in [-0.3, -0.25) is 30.0 Å². The summed E-state index contributed by atoms with van der Waals surface area (Å²) in [6, 6.07) is 13.5. The number of ether oxygens (including phenoxy) is 1. The van der Waals surface area contributed by atoms with Crippen LogP contribution in [0.2, 0.25) is 5.02 Å². The minimum absolute atomic E-state index is 0.0120. The Morgan fingerprint density at radius 3 is 2.37 bits per heavy atom. The number of anilines is 1. The lowest BCUT2D eigenvalue weighted by Gasteiger charge is -2.10. The van der Waals surface area contributed by atoms with E-state index in [1.165, 1.54) is 0 Å². The molecule has 0 saturated heterocycles. The van der Waals surface area contributed by atoms with Gasteiger partial charge in [-0.1, -0.05) is 35.9 Å². The maximum absolute atomic E-state index is 11.9. The molecule has 0 fully saturated rings. The van der Waals surface area contributed by atoms with Gasteiger partial charge in [0, 0.05) is 29.1 Å². The second-order valence-electron chi connectivity index (χ2n) is 6.34. The molecule has 0 aliphatic carbocycles. The molecule has 3 N–H and O–H groups in total. The summed E-state index contributed by atoms with van der Waals surface area (Å²) in [7, 11) is 0. The first kappa shape index (κ1) is 22.9. The number of benzene rings is 2. The van der Waals surface area contributed by atoms with Crippen molar-refractivity contribution in [2.45, 2.75) is 26.2 Å². The van der Waals surface area contributed by atoms with Gasteiger partial charge in [-0.05, 0) is 43.2 Å². The van der Waals surface area contributed by atoms with Crippen LogP contribution in [0.4, 0.5) is 5.69 Å². The lowest BCUT2D eigenvalue weighted by molar-refractivity contribution is -0.147. The first-order valence-corrected chi connectivity index (χ1v) is 9.59. The molecule has 0 atom stereocenters. The van der Waals surface area contributed by atoms with Crippen molar-refractivity contribution in [1.29, 1.82) is 0 Å². The molecule has 30 heavy (non-hydrogen) atoms. The standard InChI is InChI=1S/C21H22ClN3O5/c1-14-16(22)9-5-10-17(14)23-19(27)13-30-20(28)12-6-11-18(26)24-25-21(29)15-7-3-2-4-8-15/h2-5,7-10H,6,11-13H2,1H3,(H,23,27)(H,24,26)(H,25,29). The van der Waals surface area contributed by atoms with E-state index < -0.39 is 30.3 Å². The van der Waals surface area contributed by atoms with Crippen molar-refractivity contribution in [2.24, 2.45) is 0 Å². The molecule has 0 aliphatic heterocycles. The highest BCUT2D eigenvalue weighted by molar-refractivity contribution is 6.31. The van der Waals surface area contributed by atoms with E-state index in [0.29, 0.717) is 21.8 Å². The van der Waals surface area contributed by atoms with Gasteiger partial charge >= 0.3 is 5.97 Å². The normalized spacial score (nSPS) is 10.1. The third-order valence-electron chi connectivity index (χ3n) is 4.04. The second kappa shape index (κ2) is 11.6. The lowest BCUT2D eigenvalue weighted by Crippen LogP contribution is -2.41. The smallest absolute Gasteiger partial charge is 0.306 e. The van der Waals surface area contributed by atoms with Crippen molar-refractivity contribution in [3.8, 4) is 0 Å². The molecule has 0 heterocycles. The number of hydrogen-bond donors (Lipinski definition) is 3. The van der Waals surface area contributed by atoms with Gasteiger partial charge in [0.05, 0.1) is 0 Å². The van der Waals surface area contributed by atoms with Crippen LogP contribution in [-0.2, 0) is 19.1 Å². The van der Waals surface area contributed by atoms with Crippen LogP contribution in [0, 0.1) is 6.92 Å². The van der Waals surface area contributed by atoms with E-state index in [2.05, 4.69) is 16.2 Å². The summed E-state index contributed by atoms with van der Waals surface area (Å²) in [5, 5.41) is 3.13. The zero-order valence-corrected chi connectivity index (χ0v) is 17.1. The second-order valence-corrected chi connectivity index (χ2v) is 6.75. The predicted octanol–water partition coefficient (Wildman–Crippen LogP) is 2.76. The van der Waals surface area contributed by atoms with Crippen LogP contribution < -0.4 is 16.2 Å². The molecule has 3 amide bonds.